The Morgan fingerprint density at radius 3 is 2.43 bits per heavy atom. The van der Waals surface area contributed by atoms with Crippen molar-refractivity contribution >= 4 is 6.08 Å². The summed E-state index contributed by atoms with van der Waals surface area (Å²) in [5.74, 6) is 1.45. The maximum absolute atomic E-state index is 5.39. The lowest BCUT2D eigenvalue weighted by Crippen LogP contribution is -1.97. The van der Waals surface area contributed by atoms with Crippen LogP contribution in [0, 0.1) is 6.92 Å². The molecule has 0 bridgehead atoms. The molecule has 0 amide bonds. The molecule has 0 aromatic heterocycles. The summed E-state index contributed by atoms with van der Waals surface area (Å²) in [6.45, 7) is 10.3. The normalized spacial score (nSPS) is 10.4. The van der Waals surface area contributed by atoms with Crippen molar-refractivity contribution in [1.29, 1.82) is 0 Å². The summed E-state index contributed by atoms with van der Waals surface area (Å²) in [6, 6.07) is 4.25. The SMILES string of the molecule is C=Cc1c(C(C)C)ccc(C)c1OC. The Labute approximate surface area is 86.4 Å². The molecule has 1 nitrogen and oxygen atoms in total. The van der Waals surface area contributed by atoms with Gasteiger partial charge < -0.3 is 4.74 Å². The van der Waals surface area contributed by atoms with E-state index in [1.165, 1.54) is 5.56 Å². The highest BCUT2D eigenvalue weighted by atomic mass is 16.5. The molecule has 1 heteroatoms. The molecule has 14 heavy (non-hydrogen) atoms. The number of methoxy groups -OCH3 is 1. The van der Waals surface area contributed by atoms with Gasteiger partial charge in [-0.15, -0.1) is 0 Å². The Morgan fingerprint density at radius 1 is 1.36 bits per heavy atom. The molecule has 0 spiro atoms. The highest BCUT2D eigenvalue weighted by molar-refractivity contribution is 5.63. The Kier molecular flexibility index (Phi) is 3.34. The van der Waals surface area contributed by atoms with Crippen LogP contribution in [0.2, 0.25) is 0 Å². The van der Waals surface area contributed by atoms with Crippen molar-refractivity contribution < 1.29 is 4.74 Å². The van der Waals surface area contributed by atoms with Gasteiger partial charge in [0.15, 0.2) is 0 Å². The maximum atomic E-state index is 5.39. The smallest absolute Gasteiger partial charge is 0.129 e. The second-order valence-electron chi connectivity index (χ2n) is 3.78. The van der Waals surface area contributed by atoms with E-state index in [0.717, 1.165) is 16.9 Å². The number of hydrogen-bond donors (Lipinski definition) is 0. The molecule has 0 atom stereocenters. The molecule has 0 aliphatic carbocycles. The molecule has 0 N–H and O–H groups in total. The first-order chi connectivity index (χ1) is 6.61. The molecule has 1 aromatic carbocycles. The summed E-state index contributed by atoms with van der Waals surface area (Å²) in [7, 11) is 1.71. The van der Waals surface area contributed by atoms with Crippen molar-refractivity contribution in [3.63, 3.8) is 0 Å². The van der Waals surface area contributed by atoms with Crippen LogP contribution in [0.15, 0.2) is 18.7 Å². The van der Waals surface area contributed by atoms with E-state index in [4.69, 9.17) is 4.74 Å². The van der Waals surface area contributed by atoms with E-state index in [-0.39, 0.29) is 0 Å². The fourth-order valence-electron chi connectivity index (χ4n) is 1.71. The average molecular weight is 190 g/mol. The first-order valence-corrected chi connectivity index (χ1v) is 4.91. The molecule has 0 aliphatic heterocycles. The predicted molar refractivity (Wildman–Crippen MR) is 61.9 cm³/mol. The number of benzene rings is 1. The summed E-state index contributed by atoms with van der Waals surface area (Å²) in [6.07, 6.45) is 1.88. The molecule has 0 heterocycles. The third-order valence-corrected chi connectivity index (χ3v) is 2.46. The second-order valence-corrected chi connectivity index (χ2v) is 3.78. The molecular weight excluding hydrogens is 172 g/mol. The molecule has 1 rings (SSSR count). The molecule has 0 unspecified atom stereocenters. The minimum absolute atomic E-state index is 0.498. The Balaban J connectivity index is 3.40. The van der Waals surface area contributed by atoms with Gasteiger partial charge in [-0.3, -0.25) is 0 Å². The molecule has 0 radical (unpaired) electrons. The molecule has 0 saturated heterocycles. The monoisotopic (exact) mass is 190 g/mol. The zero-order valence-corrected chi connectivity index (χ0v) is 9.42. The fourth-order valence-corrected chi connectivity index (χ4v) is 1.71. The van der Waals surface area contributed by atoms with Gasteiger partial charge in [0, 0.05) is 5.56 Å². The Hall–Kier alpha value is -1.24. The fraction of sp³-hybridized carbons (Fsp3) is 0.385. The largest absolute Gasteiger partial charge is 0.496 e. The summed E-state index contributed by atoms with van der Waals surface area (Å²) >= 11 is 0. The van der Waals surface area contributed by atoms with Crippen molar-refractivity contribution in [2.75, 3.05) is 7.11 Å². The minimum atomic E-state index is 0.498. The van der Waals surface area contributed by atoms with Crippen LogP contribution >= 0.6 is 0 Å². The van der Waals surface area contributed by atoms with Crippen LogP contribution in [0.1, 0.15) is 36.5 Å². The van der Waals surface area contributed by atoms with Crippen LogP contribution in [0.4, 0.5) is 0 Å². The lowest BCUT2D eigenvalue weighted by Gasteiger charge is -2.15. The molecule has 0 fully saturated rings. The summed E-state index contributed by atoms with van der Waals surface area (Å²) < 4.78 is 5.39. The van der Waals surface area contributed by atoms with Crippen molar-refractivity contribution in [3.05, 3.63) is 35.4 Å². The van der Waals surface area contributed by atoms with E-state index < -0.39 is 0 Å². The summed E-state index contributed by atoms with van der Waals surface area (Å²) in [4.78, 5) is 0. The van der Waals surface area contributed by atoms with E-state index in [2.05, 4.69) is 39.5 Å². The average Bonchev–Trinajstić information content (AvgIpc) is 2.16. The standard InChI is InChI=1S/C13H18O/c1-6-11-12(9(2)3)8-7-10(4)13(11)14-5/h6-9H,1H2,2-5H3. The van der Waals surface area contributed by atoms with Gasteiger partial charge in [-0.1, -0.05) is 38.6 Å². The quantitative estimate of drug-likeness (QED) is 0.705. The van der Waals surface area contributed by atoms with E-state index in [1.807, 2.05) is 6.08 Å². The number of ether oxygens (including phenoxy) is 1. The molecule has 1 aromatic rings. The van der Waals surface area contributed by atoms with E-state index in [1.54, 1.807) is 7.11 Å². The lowest BCUT2D eigenvalue weighted by atomic mass is 9.94. The predicted octanol–water partition coefficient (Wildman–Crippen LogP) is 3.77. The highest BCUT2D eigenvalue weighted by Gasteiger charge is 2.11. The maximum Gasteiger partial charge on any atom is 0.129 e. The Bertz CT molecular complexity index is 337. The van der Waals surface area contributed by atoms with E-state index in [9.17, 15) is 0 Å². The third-order valence-electron chi connectivity index (χ3n) is 2.46. The number of hydrogen-bond acceptors (Lipinski definition) is 1. The van der Waals surface area contributed by atoms with Crippen molar-refractivity contribution in [2.24, 2.45) is 0 Å². The van der Waals surface area contributed by atoms with Crippen LogP contribution in [0.25, 0.3) is 6.08 Å². The van der Waals surface area contributed by atoms with Gasteiger partial charge in [-0.05, 0) is 24.0 Å². The number of rotatable bonds is 3. The van der Waals surface area contributed by atoms with Gasteiger partial charge in [0.05, 0.1) is 7.11 Å². The topological polar surface area (TPSA) is 9.23 Å². The van der Waals surface area contributed by atoms with Crippen LogP contribution in [-0.2, 0) is 0 Å². The molecule has 0 aliphatic rings. The van der Waals surface area contributed by atoms with Crippen LogP contribution in [0.5, 0.6) is 5.75 Å². The highest BCUT2D eigenvalue weighted by Crippen LogP contribution is 2.31. The molecule has 76 valence electrons. The minimum Gasteiger partial charge on any atom is -0.496 e. The third kappa shape index (κ3) is 1.82. The summed E-state index contributed by atoms with van der Waals surface area (Å²) in [5, 5.41) is 0. The van der Waals surface area contributed by atoms with Crippen molar-refractivity contribution in [1.82, 2.24) is 0 Å². The molecular formula is C13H18O. The lowest BCUT2D eigenvalue weighted by molar-refractivity contribution is 0.410. The second kappa shape index (κ2) is 4.32. The Morgan fingerprint density at radius 2 is 2.00 bits per heavy atom. The van der Waals surface area contributed by atoms with Gasteiger partial charge in [-0.2, -0.15) is 0 Å². The first kappa shape index (κ1) is 10.8. The van der Waals surface area contributed by atoms with E-state index >= 15 is 0 Å². The van der Waals surface area contributed by atoms with E-state index in [0.29, 0.717) is 5.92 Å². The molecule has 0 saturated carbocycles. The van der Waals surface area contributed by atoms with Crippen molar-refractivity contribution in [3.8, 4) is 5.75 Å². The van der Waals surface area contributed by atoms with Crippen LogP contribution < -0.4 is 4.74 Å². The van der Waals surface area contributed by atoms with Crippen LogP contribution in [0.3, 0.4) is 0 Å². The zero-order valence-electron chi connectivity index (χ0n) is 9.42. The zero-order chi connectivity index (χ0) is 10.7. The van der Waals surface area contributed by atoms with Gasteiger partial charge in [-0.25, -0.2) is 0 Å². The summed E-state index contributed by atoms with van der Waals surface area (Å²) in [5.41, 5.74) is 3.58. The van der Waals surface area contributed by atoms with Crippen LogP contribution in [-0.4, -0.2) is 7.11 Å². The number of aryl methyl sites for hydroxylation is 1. The van der Waals surface area contributed by atoms with Crippen molar-refractivity contribution in [2.45, 2.75) is 26.7 Å². The van der Waals surface area contributed by atoms with Gasteiger partial charge in [0.25, 0.3) is 0 Å². The van der Waals surface area contributed by atoms with Gasteiger partial charge in [0.2, 0.25) is 0 Å². The van der Waals surface area contributed by atoms with Gasteiger partial charge in [0.1, 0.15) is 5.75 Å². The van der Waals surface area contributed by atoms with Gasteiger partial charge >= 0.3 is 0 Å². The first-order valence-electron chi connectivity index (χ1n) is 4.91.